The second-order valence-corrected chi connectivity index (χ2v) is 11.5. The smallest absolute Gasteiger partial charge is 0.407 e. The van der Waals surface area contributed by atoms with Crippen molar-refractivity contribution in [2.45, 2.75) is 52.3 Å². The maximum absolute atomic E-state index is 12.7. The molecular formula is C24H37N5O7S. The first-order valence-electron chi connectivity index (χ1n) is 11.8. The lowest BCUT2D eigenvalue weighted by molar-refractivity contribution is -0.126. The highest BCUT2D eigenvalue weighted by molar-refractivity contribution is 7.89. The summed E-state index contributed by atoms with van der Waals surface area (Å²) in [6, 6.07) is 8.36. The summed E-state index contributed by atoms with van der Waals surface area (Å²) in [6.07, 6.45) is 0.167. The molecule has 1 aromatic carbocycles. The van der Waals surface area contributed by atoms with E-state index in [2.05, 4.69) is 15.7 Å². The number of aromatic hydroxyl groups is 1. The molecular weight excluding hydrogens is 502 g/mol. The Labute approximate surface area is 217 Å². The van der Waals surface area contributed by atoms with Crippen molar-refractivity contribution in [3.63, 3.8) is 0 Å². The Hall–Kier alpha value is -3.16. The highest BCUT2D eigenvalue weighted by atomic mass is 32.2. The Morgan fingerprint density at radius 3 is 2.43 bits per heavy atom. The minimum Gasteiger partial charge on any atom is -0.493 e. The number of rotatable bonds is 13. The lowest BCUT2D eigenvalue weighted by Gasteiger charge is -2.24. The van der Waals surface area contributed by atoms with Gasteiger partial charge in [0.1, 0.15) is 0 Å². The number of hydrogen-bond donors (Lipinski definition) is 4. The number of hydrogen-bond acceptors (Lipinski definition) is 9. The van der Waals surface area contributed by atoms with E-state index in [-0.39, 0.29) is 43.4 Å². The molecule has 2 aromatic rings. The molecule has 5 N–H and O–H groups in total. The third-order valence-corrected chi connectivity index (χ3v) is 6.01. The molecule has 1 heterocycles. The number of carbonyl (C=O) groups excluding carboxylic acids is 2. The molecule has 0 spiro atoms. The monoisotopic (exact) mass is 539 g/mol. The normalized spacial score (nSPS) is 12.8. The van der Waals surface area contributed by atoms with E-state index in [1.807, 2.05) is 44.2 Å². The van der Waals surface area contributed by atoms with Crippen molar-refractivity contribution in [2.24, 2.45) is 11.7 Å². The maximum atomic E-state index is 12.7. The molecule has 0 unspecified atom stereocenters. The number of benzene rings is 1. The van der Waals surface area contributed by atoms with Crippen LogP contribution >= 0.6 is 0 Å². The maximum Gasteiger partial charge on any atom is 0.407 e. The second kappa shape index (κ2) is 12.9. The molecule has 0 aliphatic carbocycles. The van der Waals surface area contributed by atoms with Crippen LogP contribution in [0.1, 0.15) is 50.6 Å². The summed E-state index contributed by atoms with van der Waals surface area (Å²) in [7, 11) is -3.99. The topological polar surface area (TPSA) is 175 Å². The zero-order valence-electron chi connectivity index (χ0n) is 21.9. The van der Waals surface area contributed by atoms with Crippen molar-refractivity contribution < 1.29 is 32.6 Å². The van der Waals surface area contributed by atoms with Gasteiger partial charge in [-0.25, -0.2) is 13.2 Å². The fourth-order valence-corrected chi connectivity index (χ4v) is 3.83. The van der Waals surface area contributed by atoms with Gasteiger partial charge in [-0.05, 0) is 25.3 Å². The quantitative estimate of drug-likeness (QED) is 0.293. The molecule has 0 aliphatic rings. The fourth-order valence-electron chi connectivity index (χ4n) is 3.17. The van der Waals surface area contributed by atoms with Crippen molar-refractivity contribution in [1.29, 1.82) is 0 Å². The van der Waals surface area contributed by atoms with Crippen LogP contribution in [0.3, 0.4) is 0 Å². The van der Waals surface area contributed by atoms with Gasteiger partial charge in [0.2, 0.25) is 11.8 Å². The number of amides is 2. The minimum absolute atomic E-state index is 0.0553. The van der Waals surface area contributed by atoms with Gasteiger partial charge in [0.25, 0.3) is 10.0 Å². The van der Waals surface area contributed by atoms with Gasteiger partial charge in [-0.1, -0.05) is 44.2 Å². The van der Waals surface area contributed by atoms with E-state index in [9.17, 15) is 23.1 Å². The Kier molecular flexibility index (Phi) is 10.5. The van der Waals surface area contributed by atoms with Crippen molar-refractivity contribution in [3.8, 4) is 5.88 Å². The fraction of sp³-hybridized carbons (Fsp3) is 0.542. The summed E-state index contributed by atoms with van der Waals surface area (Å²) >= 11 is 0. The SMILES string of the molecule is CC(C)CNC(=O)OCCc1c([C@@H](COCc2ccccc2)NC(=O)C(C)(C)N)nn(S(C)(=O)=O)c1O. The Bertz CT molecular complexity index is 1160. The van der Waals surface area contributed by atoms with E-state index in [0.717, 1.165) is 11.8 Å². The van der Waals surface area contributed by atoms with Crippen molar-refractivity contribution in [2.75, 3.05) is 26.0 Å². The van der Waals surface area contributed by atoms with Crippen LogP contribution in [0.15, 0.2) is 30.3 Å². The van der Waals surface area contributed by atoms with E-state index in [4.69, 9.17) is 15.2 Å². The van der Waals surface area contributed by atoms with Crippen molar-refractivity contribution >= 4 is 22.0 Å². The Balaban J connectivity index is 2.33. The zero-order valence-corrected chi connectivity index (χ0v) is 22.7. The molecule has 0 bridgehead atoms. The molecule has 1 aromatic heterocycles. The van der Waals surface area contributed by atoms with E-state index < -0.39 is 39.5 Å². The van der Waals surface area contributed by atoms with Crippen LogP contribution in [0.25, 0.3) is 0 Å². The average molecular weight is 540 g/mol. The summed E-state index contributed by atoms with van der Waals surface area (Å²) in [5.74, 6) is -0.953. The van der Waals surface area contributed by atoms with Gasteiger partial charge in [-0.3, -0.25) is 4.79 Å². The molecule has 12 nitrogen and oxygen atoms in total. The van der Waals surface area contributed by atoms with Gasteiger partial charge in [-0.2, -0.15) is 5.10 Å². The highest BCUT2D eigenvalue weighted by Gasteiger charge is 2.32. The van der Waals surface area contributed by atoms with Crippen LogP contribution < -0.4 is 16.4 Å². The molecule has 0 aliphatic heterocycles. The summed E-state index contributed by atoms with van der Waals surface area (Å²) in [5, 5.41) is 20.1. The predicted molar refractivity (Wildman–Crippen MR) is 137 cm³/mol. The van der Waals surface area contributed by atoms with Gasteiger partial charge in [0, 0.05) is 18.5 Å². The van der Waals surface area contributed by atoms with Gasteiger partial charge in [0.15, 0.2) is 0 Å². The first kappa shape index (κ1) is 30.1. The summed E-state index contributed by atoms with van der Waals surface area (Å²) in [6.45, 7) is 7.26. The van der Waals surface area contributed by atoms with Crippen molar-refractivity contribution in [1.82, 2.24) is 19.8 Å². The Morgan fingerprint density at radius 1 is 1.22 bits per heavy atom. The van der Waals surface area contributed by atoms with Gasteiger partial charge >= 0.3 is 6.09 Å². The number of nitrogens with two attached hydrogens (primary N) is 1. The number of nitrogens with one attached hydrogen (secondary N) is 2. The van der Waals surface area contributed by atoms with Crippen LogP contribution in [0.2, 0.25) is 0 Å². The molecule has 206 valence electrons. The van der Waals surface area contributed by atoms with Crippen LogP contribution in [-0.2, 0) is 37.3 Å². The third kappa shape index (κ3) is 9.34. The molecule has 0 fully saturated rings. The molecule has 1 atom stereocenters. The highest BCUT2D eigenvalue weighted by Crippen LogP contribution is 2.29. The standard InChI is InChI=1S/C24H37N5O7S/c1-16(2)13-26-23(32)36-12-11-18-20(28-29(21(18)30)37(5,33)34)19(27-22(31)24(3,4)25)15-35-14-17-9-7-6-8-10-17/h6-10,16,19,30H,11-15,25H2,1-5H3,(H,26,32)(H,27,31)/t19-/m1/s1. The number of ether oxygens (including phenoxy) is 2. The van der Waals surface area contributed by atoms with Crippen LogP contribution in [0.5, 0.6) is 5.88 Å². The number of carbonyl (C=O) groups is 2. The summed E-state index contributed by atoms with van der Waals surface area (Å²) in [4.78, 5) is 24.7. The summed E-state index contributed by atoms with van der Waals surface area (Å²) < 4.78 is 36.0. The number of nitrogens with zero attached hydrogens (tertiary/aromatic N) is 2. The molecule has 2 rings (SSSR count). The zero-order chi connectivity index (χ0) is 27.8. The van der Waals surface area contributed by atoms with E-state index in [1.54, 1.807) is 0 Å². The molecule has 37 heavy (non-hydrogen) atoms. The largest absolute Gasteiger partial charge is 0.493 e. The first-order chi connectivity index (χ1) is 17.2. The second-order valence-electron chi connectivity index (χ2n) is 9.70. The molecule has 0 saturated heterocycles. The Morgan fingerprint density at radius 2 is 1.86 bits per heavy atom. The number of aromatic nitrogens is 2. The molecule has 13 heteroatoms. The third-order valence-electron chi connectivity index (χ3n) is 5.13. The average Bonchev–Trinajstić information content (AvgIpc) is 3.13. The van der Waals surface area contributed by atoms with E-state index >= 15 is 0 Å². The van der Waals surface area contributed by atoms with Crippen LogP contribution in [-0.4, -0.2) is 66.3 Å². The lowest BCUT2D eigenvalue weighted by Crippen LogP contribution is -2.50. The van der Waals surface area contributed by atoms with Gasteiger partial charge < -0.3 is 30.9 Å². The summed E-state index contributed by atoms with van der Waals surface area (Å²) in [5.41, 5.74) is 5.72. The molecule has 0 saturated carbocycles. The lowest BCUT2D eigenvalue weighted by atomic mass is 10.0. The van der Waals surface area contributed by atoms with Gasteiger partial charge in [-0.15, -0.1) is 4.09 Å². The van der Waals surface area contributed by atoms with E-state index in [1.165, 1.54) is 13.8 Å². The predicted octanol–water partition coefficient (Wildman–Crippen LogP) is 1.43. The minimum atomic E-state index is -3.99. The van der Waals surface area contributed by atoms with Crippen molar-refractivity contribution in [3.05, 3.63) is 47.2 Å². The molecule has 0 radical (unpaired) electrons. The van der Waals surface area contributed by atoms with Crippen LogP contribution in [0, 0.1) is 5.92 Å². The van der Waals surface area contributed by atoms with Gasteiger partial charge in [0.05, 0.1) is 43.4 Å². The number of alkyl carbamates (subject to hydrolysis) is 1. The van der Waals surface area contributed by atoms with Crippen LogP contribution in [0.4, 0.5) is 4.79 Å². The first-order valence-corrected chi connectivity index (χ1v) is 13.7. The van der Waals surface area contributed by atoms with E-state index in [0.29, 0.717) is 10.6 Å². The molecule has 2 amide bonds.